The lowest BCUT2D eigenvalue weighted by atomic mass is 9.76. The van der Waals surface area contributed by atoms with E-state index in [1.54, 1.807) is 0 Å². The highest BCUT2D eigenvalue weighted by atomic mass is 15.3. The van der Waals surface area contributed by atoms with Gasteiger partial charge in [-0.15, -0.1) is 0 Å². The summed E-state index contributed by atoms with van der Waals surface area (Å²) in [5, 5.41) is 3.53. The predicted molar refractivity (Wildman–Crippen MR) is 85.1 cm³/mol. The van der Waals surface area contributed by atoms with Crippen LogP contribution in [0.15, 0.2) is 0 Å². The number of hydrogen-bond donors (Lipinski definition) is 1. The summed E-state index contributed by atoms with van der Waals surface area (Å²) in [7, 11) is 0. The summed E-state index contributed by atoms with van der Waals surface area (Å²) in [6.45, 7) is 11.5. The van der Waals surface area contributed by atoms with Crippen molar-refractivity contribution in [3.05, 3.63) is 0 Å². The molecule has 1 aliphatic carbocycles. The van der Waals surface area contributed by atoms with Crippen LogP contribution in [0.5, 0.6) is 0 Å². The Morgan fingerprint density at radius 2 is 1.65 bits per heavy atom. The molecule has 20 heavy (non-hydrogen) atoms. The van der Waals surface area contributed by atoms with Gasteiger partial charge in [0.1, 0.15) is 0 Å². The van der Waals surface area contributed by atoms with Crippen LogP contribution in [0.25, 0.3) is 0 Å². The van der Waals surface area contributed by atoms with Gasteiger partial charge in [0.15, 0.2) is 0 Å². The molecule has 3 heteroatoms. The Hall–Kier alpha value is -0.120. The van der Waals surface area contributed by atoms with Crippen molar-refractivity contribution in [2.45, 2.75) is 57.9 Å². The molecule has 0 radical (unpaired) electrons. The Kier molecular flexibility index (Phi) is 5.00. The van der Waals surface area contributed by atoms with E-state index in [9.17, 15) is 0 Å². The van der Waals surface area contributed by atoms with Crippen molar-refractivity contribution >= 4 is 0 Å². The molecular formula is C17H33N3. The lowest BCUT2D eigenvalue weighted by Gasteiger charge is -2.44. The summed E-state index contributed by atoms with van der Waals surface area (Å²) in [6.07, 6.45) is 9.99. The van der Waals surface area contributed by atoms with Crippen LogP contribution >= 0.6 is 0 Å². The standard InChI is InChI=1S/C17H33N3/c1-2-17(7-9-18-10-8-17)15-19-11-13-20(14-12-19)16-5-3-4-6-16/h16,18H,2-15H2,1H3. The predicted octanol–water partition coefficient (Wildman–Crippen LogP) is 2.33. The second-order valence-corrected chi connectivity index (χ2v) is 7.35. The maximum Gasteiger partial charge on any atom is 0.0113 e. The van der Waals surface area contributed by atoms with Crippen molar-refractivity contribution in [2.24, 2.45) is 5.41 Å². The van der Waals surface area contributed by atoms with E-state index in [1.807, 2.05) is 0 Å². The van der Waals surface area contributed by atoms with Gasteiger partial charge in [0, 0.05) is 38.8 Å². The third kappa shape index (κ3) is 3.37. The van der Waals surface area contributed by atoms with Crippen molar-refractivity contribution in [1.29, 1.82) is 0 Å². The average Bonchev–Trinajstić information content (AvgIpc) is 3.03. The summed E-state index contributed by atoms with van der Waals surface area (Å²) in [4.78, 5) is 5.55. The van der Waals surface area contributed by atoms with Gasteiger partial charge in [-0.2, -0.15) is 0 Å². The first-order valence-corrected chi connectivity index (χ1v) is 8.98. The summed E-state index contributed by atoms with van der Waals surface area (Å²) < 4.78 is 0. The number of nitrogens with zero attached hydrogens (tertiary/aromatic N) is 2. The number of nitrogens with one attached hydrogen (secondary N) is 1. The van der Waals surface area contributed by atoms with Crippen LogP contribution in [0, 0.1) is 5.41 Å². The Bertz CT molecular complexity index is 285. The zero-order chi connectivity index (χ0) is 13.8. The van der Waals surface area contributed by atoms with Gasteiger partial charge in [0.25, 0.3) is 0 Å². The van der Waals surface area contributed by atoms with Crippen LogP contribution in [0.4, 0.5) is 0 Å². The van der Waals surface area contributed by atoms with Crippen LogP contribution in [0.3, 0.4) is 0 Å². The topological polar surface area (TPSA) is 18.5 Å². The number of hydrogen-bond acceptors (Lipinski definition) is 3. The van der Waals surface area contributed by atoms with Crippen LogP contribution in [0.2, 0.25) is 0 Å². The van der Waals surface area contributed by atoms with Crippen molar-refractivity contribution in [3.63, 3.8) is 0 Å². The maximum absolute atomic E-state index is 3.53. The molecule has 2 heterocycles. The fourth-order valence-electron chi connectivity index (χ4n) is 4.61. The Balaban J connectivity index is 1.47. The monoisotopic (exact) mass is 279 g/mol. The molecule has 0 unspecified atom stereocenters. The van der Waals surface area contributed by atoms with Crippen LogP contribution in [0.1, 0.15) is 51.9 Å². The number of piperazine rings is 1. The lowest BCUT2D eigenvalue weighted by Crippen LogP contribution is -2.53. The lowest BCUT2D eigenvalue weighted by molar-refractivity contribution is 0.0491. The summed E-state index contributed by atoms with van der Waals surface area (Å²) in [5.41, 5.74) is 0.612. The third-order valence-electron chi connectivity index (χ3n) is 6.22. The van der Waals surface area contributed by atoms with E-state index in [-0.39, 0.29) is 0 Å². The van der Waals surface area contributed by atoms with Crippen molar-refractivity contribution in [2.75, 3.05) is 45.8 Å². The van der Waals surface area contributed by atoms with E-state index in [2.05, 4.69) is 22.0 Å². The van der Waals surface area contributed by atoms with E-state index in [0.717, 1.165) is 6.04 Å². The van der Waals surface area contributed by atoms with Gasteiger partial charge in [-0.05, 0) is 50.6 Å². The van der Waals surface area contributed by atoms with E-state index in [0.29, 0.717) is 5.41 Å². The molecule has 3 rings (SSSR count). The van der Waals surface area contributed by atoms with Crippen LogP contribution < -0.4 is 5.32 Å². The molecule has 116 valence electrons. The molecule has 0 spiro atoms. The van der Waals surface area contributed by atoms with E-state index in [4.69, 9.17) is 0 Å². The maximum atomic E-state index is 3.53. The highest BCUT2D eigenvalue weighted by Gasteiger charge is 2.34. The van der Waals surface area contributed by atoms with Crippen molar-refractivity contribution in [3.8, 4) is 0 Å². The van der Waals surface area contributed by atoms with Crippen molar-refractivity contribution in [1.82, 2.24) is 15.1 Å². The first-order valence-electron chi connectivity index (χ1n) is 8.98. The fourth-order valence-corrected chi connectivity index (χ4v) is 4.61. The number of piperidine rings is 1. The normalized spacial score (nSPS) is 29.9. The Morgan fingerprint density at radius 3 is 2.25 bits per heavy atom. The molecule has 3 aliphatic rings. The minimum absolute atomic E-state index is 0.612. The van der Waals surface area contributed by atoms with Gasteiger partial charge >= 0.3 is 0 Å². The molecule has 2 aliphatic heterocycles. The molecule has 0 atom stereocenters. The second kappa shape index (κ2) is 6.76. The molecule has 0 aromatic heterocycles. The van der Waals surface area contributed by atoms with Gasteiger partial charge in [-0.1, -0.05) is 19.8 Å². The summed E-state index contributed by atoms with van der Waals surface area (Å²) >= 11 is 0. The van der Waals surface area contributed by atoms with Gasteiger partial charge in [-0.25, -0.2) is 0 Å². The minimum atomic E-state index is 0.612. The fraction of sp³-hybridized carbons (Fsp3) is 1.00. The molecule has 0 amide bonds. The largest absolute Gasteiger partial charge is 0.317 e. The molecule has 0 bridgehead atoms. The van der Waals surface area contributed by atoms with E-state index >= 15 is 0 Å². The first-order chi connectivity index (χ1) is 9.81. The SMILES string of the molecule is CCC1(CN2CCN(C3CCCC3)CC2)CCNCC1. The Morgan fingerprint density at radius 1 is 1.00 bits per heavy atom. The van der Waals surface area contributed by atoms with Gasteiger partial charge in [0.2, 0.25) is 0 Å². The molecule has 0 aromatic rings. The van der Waals surface area contributed by atoms with Crippen molar-refractivity contribution < 1.29 is 0 Å². The third-order valence-corrected chi connectivity index (χ3v) is 6.22. The quantitative estimate of drug-likeness (QED) is 0.852. The van der Waals surface area contributed by atoms with E-state index < -0.39 is 0 Å². The molecule has 0 aromatic carbocycles. The Labute approximate surface area is 125 Å². The molecular weight excluding hydrogens is 246 g/mol. The van der Waals surface area contributed by atoms with Gasteiger partial charge in [-0.3, -0.25) is 4.90 Å². The average molecular weight is 279 g/mol. The second-order valence-electron chi connectivity index (χ2n) is 7.35. The zero-order valence-corrected chi connectivity index (χ0v) is 13.4. The summed E-state index contributed by atoms with van der Waals surface area (Å²) in [5.74, 6) is 0. The molecule has 1 saturated carbocycles. The van der Waals surface area contributed by atoms with Crippen LogP contribution in [-0.4, -0.2) is 61.7 Å². The molecule has 1 N–H and O–H groups in total. The van der Waals surface area contributed by atoms with E-state index in [1.165, 1.54) is 90.8 Å². The summed E-state index contributed by atoms with van der Waals surface area (Å²) in [6, 6.07) is 0.927. The van der Waals surface area contributed by atoms with Crippen LogP contribution in [-0.2, 0) is 0 Å². The highest BCUT2D eigenvalue weighted by Crippen LogP contribution is 2.34. The number of rotatable bonds is 4. The highest BCUT2D eigenvalue weighted by molar-refractivity contribution is 4.89. The zero-order valence-electron chi connectivity index (χ0n) is 13.4. The minimum Gasteiger partial charge on any atom is -0.317 e. The molecule has 3 fully saturated rings. The molecule has 2 saturated heterocycles. The van der Waals surface area contributed by atoms with Gasteiger partial charge in [0.05, 0.1) is 0 Å². The smallest absolute Gasteiger partial charge is 0.0113 e. The molecule has 3 nitrogen and oxygen atoms in total. The first kappa shape index (κ1) is 14.8. The van der Waals surface area contributed by atoms with Gasteiger partial charge < -0.3 is 10.2 Å².